The third-order valence-electron chi connectivity index (χ3n) is 4.26. The van der Waals surface area contributed by atoms with Crippen LogP contribution in [0.1, 0.15) is 39.5 Å². The second-order valence-electron chi connectivity index (χ2n) is 6.39. The minimum Gasteiger partial charge on any atom is -0.355 e. The standard InChI is InChI=1S/C16H32N4OS/c1-12-8-6-7-9-14(12)19-16(17-10-13(2)22-5)18-11-15(21)20(3)4/h12-14H,6-11H2,1-5H3,(H2,17,18,19). The predicted molar refractivity (Wildman–Crippen MR) is 96.5 cm³/mol. The van der Waals surface area contributed by atoms with Gasteiger partial charge in [0.1, 0.15) is 6.54 Å². The van der Waals surface area contributed by atoms with Crippen molar-refractivity contribution in [2.24, 2.45) is 10.9 Å². The van der Waals surface area contributed by atoms with Crippen LogP contribution in [0.5, 0.6) is 0 Å². The third-order valence-corrected chi connectivity index (χ3v) is 5.24. The Kier molecular flexibility index (Phi) is 8.68. The number of hydrogen-bond acceptors (Lipinski definition) is 3. The molecule has 1 aliphatic carbocycles. The molecule has 1 rings (SSSR count). The Balaban J connectivity index is 2.63. The van der Waals surface area contributed by atoms with Crippen LogP contribution in [0, 0.1) is 5.92 Å². The van der Waals surface area contributed by atoms with E-state index in [4.69, 9.17) is 0 Å². The van der Waals surface area contributed by atoms with E-state index >= 15 is 0 Å². The molecule has 0 heterocycles. The van der Waals surface area contributed by atoms with Crippen molar-refractivity contribution >= 4 is 23.6 Å². The van der Waals surface area contributed by atoms with Gasteiger partial charge in [-0.3, -0.25) is 4.79 Å². The lowest BCUT2D eigenvalue weighted by Crippen LogP contribution is -2.48. The van der Waals surface area contributed by atoms with E-state index in [1.165, 1.54) is 25.7 Å². The van der Waals surface area contributed by atoms with Gasteiger partial charge in [0.25, 0.3) is 0 Å². The summed E-state index contributed by atoms with van der Waals surface area (Å²) in [7, 11) is 3.52. The predicted octanol–water partition coefficient (Wildman–Crippen LogP) is 1.94. The normalized spacial score (nSPS) is 23.8. The fourth-order valence-electron chi connectivity index (χ4n) is 2.47. The van der Waals surface area contributed by atoms with E-state index in [1.807, 2.05) is 11.8 Å². The number of nitrogens with one attached hydrogen (secondary N) is 2. The monoisotopic (exact) mass is 328 g/mol. The van der Waals surface area contributed by atoms with Gasteiger partial charge in [0.15, 0.2) is 5.96 Å². The van der Waals surface area contributed by atoms with Crippen LogP contribution >= 0.6 is 11.8 Å². The molecule has 2 N–H and O–H groups in total. The van der Waals surface area contributed by atoms with Crippen molar-refractivity contribution in [1.29, 1.82) is 0 Å². The molecule has 128 valence electrons. The van der Waals surface area contributed by atoms with Crippen LogP contribution in [0.4, 0.5) is 0 Å². The zero-order chi connectivity index (χ0) is 16.5. The first kappa shape index (κ1) is 19.1. The number of likely N-dealkylation sites (N-methyl/N-ethyl adjacent to an activating group) is 1. The molecule has 0 aromatic carbocycles. The number of guanidine groups is 1. The van der Waals surface area contributed by atoms with Gasteiger partial charge in [-0.05, 0) is 25.0 Å². The van der Waals surface area contributed by atoms with Crippen molar-refractivity contribution in [3.63, 3.8) is 0 Å². The maximum Gasteiger partial charge on any atom is 0.243 e. The lowest BCUT2D eigenvalue weighted by molar-refractivity contribution is -0.127. The Morgan fingerprint density at radius 1 is 1.36 bits per heavy atom. The Hall–Kier alpha value is -0.910. The van der Waals surface area contributed by atoms with Gasteiger partial charge >= 0.3 is 0 Å². The first-order valence-corrected chi connectivity index (χ1v) is 9.50. The molecule has 3 atom stereocenters. The zero-order valence-corrected chi connectivity index (χ0v) is 15.5. The van der Waals surface area contributed by atoms with E-state index in [9.17, 15) is 4.79 Å². The first-order valence-electron chi connectivity index (χ1n) is 8.21. The number of hydrogen-bond donors (Lipinski definition) is 2. The molecule has 0 saturated heterocycles. The van der Waals surface area contributed by atoms with Gasteiger partial charge in [0.05, 0.1) is 0 Å². The Bertz CT molecular complexity index is 373. The molecule has 3 unspecified atom stereocenters. The van der Waals surface area contributed by atoms with Crippen molar-refractivity contribution in [3.05, 3.63) is 0 Å². The van der Waals surface area contributed by atoms with Gasteiger partial charge in [-0.2, -0.15) is 11.8 Å². The molecule has 0 spiro atoms. The van der Waals surface area contributed by atoms with Crippen molar-refractivity contribution < 1.29 is 4.79 Å². The lowest BCUT2D eigenvalue weighted by Gasteiger charge is -2.31. The molecule has 1 amide bonds. The largest absolute Gasteiger partial charge is 0.355 e. The van der Waals surface area contributed by atoms with Crippen LogP contribution < -0.4 is 10.6 Å². The van der Waals surface area contributed by atoms with Gasteiger partial charge in [-0.15, -0.1) is 0 Å². The number of carbonyl (C=O) groups excluding carboxylic acids is 1. The fourth-order valence-corrected chi connectivity index (χ4v) is 2.72. The zero-order valence-electron chi connectivity index (χ0n) is 14.7. The topological polar surface area (TPSA) is 56.7 Å². The van der Waals surface area contributed by atoms with E-state index in [0.717, 1.165) is 12.5 Å². The smallest absolute Gasteiger partial charge is 0.243 e. The highest BCUT2D eigenvalue weighted by atomic mass is 32.2. The minimum absolute atomic E-state index is 0.0238. The second kappa shape index (κ2) is 9.98. The fraction of sp³-hybridized carbons (Fsp3) is 0.875. The molecule has 1 aliphatic rings. The van der Waals surface area contributed by atoms with Crippen molar-refractivity contribution in [2.75, 3.05) is 33.4 Å². The van der Waals surface area contributed by atoms with Crippen molar-refractivity contribution in [3.8, 4) is 0 Å². The average Bonchev–Trinajstić information content (AvgIpc) is 2.50. The third kappa shape index (κ3) is 6.90. The summed E-state index contributed by atoms with van der Waals surface area (Å²) in [5.74, 6) is 1.45. The summed E-state index contributed by atoms with van der Waals surface area (Å²) in [4.78, 5) is 17.8. The summed E-state index contributed by atoms with van der Waals surface area (Å²) < 4.78 is 0. The molecule has 0 aromatic rings. The molecular weight excluding hydrogens is 296 g/mol. The highest BCUT2D eigenvalue weighted by Crippen LogP contribution is 2.23. The molecule has 0 bridgehead atoms. The number of nitrogens with zero attached hydrogens (tertiary/aromatic N) is 2. The van der Waals surface area contributed by atoms with Crippen LogP contribution in [0.25, 0.3) is 0 Å². The number of amides is 1. The van der Waals surface area contributed by atoms with E-state index < -0.39 is 0 Å². The summed E-state index contributed by atoms with van der Waals surface area (Å²) >= 11 is 1.82. The van der Waals surface area contributed by atoms with Crippen LogP contribution in [-0.2, 0) is 4.79 Å². The number of rotatable bonds is 6. The maximum atomic E-state index is 11.8. The highest BCUT2D eigenvalue weighted by molar-refractivity contribution is 7.99. The van der Waals surface area contributed by atoms with E-state index in [2.05, 4.69) is 35.7 Å². The van der Waals surface area contributed by atoms with Crippen LogP contribution in [0.15, 0.2) is 4.99 Å². The number of carbonyl (C=O) groups is 1. The Labute approximate surface area is 139 Å². The molecule has 1 saturated carbocycles. The number of thioether (sulfide) groups is 1. The molecule has 0 aliphatic heterocycles. The number of aliphatic imine (C=N–C) groups is 1. The molecule has 6 heteroatoms. The minimum atomic E-state index is 0.0238. The summed E-state index contributed by atoms with van der Waals surface area (Å²) in [6.07, 6.45) is 7.15. The summed E-state index contributed by atoms with van der Waals surface area (Å²) in [6.45, 7) is 5.52. The van der Waals surface area contributed by atoms with Gasteiger partial charge < -0.3 is 15.5 Å². The van der Waals surface area contributed by atoms with E-state index in [-0.39, 0.29) is 12.5 Å². The summed E-state index contributed by atoms with van der Waals surface area (Å²) in [5.41, 5.74) is 0. The van der Waals surface area contributed by atoms with Crippen LogP contribution in [0.2, 0.25) is 0 Å². The summed E-state index contributed by atoms with van der Waals surface area (Å²) in [5, 5.41) is 7.43. The van der Waals surface area contributed by atoms with Gasteiger partial charge in [0, 0.05) is 31.9 Å². The lowest BCUT2D eigenvalue weighted by atomic mass is 9.86. The SMILES string of the molecule is CSC(C)CNC(=NCC(=O)N(C)C)NC1CCCCC1C. The Morgan fingerprint density at radius 2 is 2.05 bits per heavy atom. The second-order valence-corrected chi connectivity index (χ2v) is 7.67. The first-order chi connectivity index (χ1) is 10.4. The van der Waals surface area contributed by atoms with Gasteiger partial charge in [-0.1, -0.05) is 26.7 Å². The quantitative estimate of drug-likeness (QED) is 0.578. The average molecular weight is 329 g/mol. The van der Waals surface area contributed by atoms with Crippen LogP contribution in [0.3, 0.4) is 0 Å². The molecular formula is C16H32N4OS. The summed E-state index contributed by atoms with van der Waals surface area (Å²) in [6, 6.07) is 0.457. The Morgan fingerprint density at radius 3 is 2.64 bits per heavy atom. The molecule has 0 radical (unpaired) electrons. The van der Waals surface area contributed by atoms with Gasteiger partial charge in [-0.25, -0.2) is 4.99 Å². The van der Waals surface area contributed by atoms with E-state index in [1.54, 1.807) is 19.0 Å². The van der Waals surface area contributed by atoms with Crippen molar-refractivity contribution in [2.45, 2.75) is 50.8 Å². The molecule has 1 fully saturated rings. The molecule has 0 aromatic heterocycles. The van der Waals surface area contributed by atoms with Crippen molar-refractivity contribution in [1.82, 2.24) is 15.5 Å². The molecule has 22 heavy (non-hydrogen) atoms. The molecule has 5 nitrogen and oxygen atoms in total. The van der Waals surface area contributed by atoms with E-state index in [0.29, 0.717) is 17.2 Å². The maximum absolute atomic E-state index is 11.8. The van der Waals surface area contributed by atoms with Crippen LogP contribution in [-0.4, -0.2) is 61.5 Å². The highest BCUT2D eigenvalue weighted by Gasteiger charge is 2.22. The van der Waals surface area contributed by atoms with Gasteiger partial charge in [0.2, 0.25) is 5.91 Å².